The van der Waals surface area contributed by atoms with Crippen LogP contribution in [0.3, 0.4) is 0 Å². The largest absolute Gasteiger partial charge is 0.465 e. The van der Waals surface area contributed by atoms with Crippen molar-refractivity contribution in [3.63, 3.8) is 0 Å². The van der Waals surface area contributed by atoms with Crippen LogP contribution in [0.2, 0.25) is 0 Å². The number of esters is 1. The molecule has 0 aliphatic carbocycles. The fraction of sp³-hybridized carbons (Fsp3) is 0.417. The Bertz CT molecular complexity index is 937. The second-order valence-corrected chi connectivity index (χ2v) is 8.24. The molecular formula is C24H29NO5. The predicted molar refractivity (Wildman–Crippen MR) is 115 cm³/mol. The summed E-state index contributed by atoms with van der Waals surface area (Å²) in [6, 6.07) is 11.2. The Kier molecular flexibility index (Phi) is 6.65. The summed E-state index contributed by atoms with van der Waals surface area (Å²) >= 11 is 0. The van der Waals surface area contributed by atoms with Crippen LogP contribution >= 0.6 is 0 Å². The van der Waals surface area contributed by atoms with Crippen molar-refractivity contribution in [1.29, 1.82) is 0 Å². The van der Waals surface area contributed by atoms with Gasteiger partial charge in [0.15, 0.2) is 0 Å². The minimum absolute atomic E-state index is 0.175. The topological polar surface area (TPSA) is 76.1 Å². The van der Waals surface area contributed by atoms with Crippen LogP contribution in [-0.4, -0.2) is 42.3 Å². The van der Waals surface area contributed by atoms with Gasteiger partial charge >= 0.3 is 12.1 Å². The van der Waals surface area contributed by atoms with Crippen LogP contribution in [0, 0.1) is 12.8 Å². The molecule has 1 unspecified atom stereocenters. The molecule has 1 N–H and O–H groups in total. The van der Waals surface area contributed by atoms with Gasteiger partial charge in [-0.05, 0) is 72.7 Å². The van der Waals surface area contributed by atoms with Crippen LogP contribution < -0.4 is 4.74 Å². The number of carbonyl (C=O) groups excluding carboxylic acids is 1. The minimum Gasteiger partial charge on any atom is -0.465 e. The van der Waals surface area contributed by atoms with Crippen molar-refractivity contribution in [3.05, 3.63) is 58.7 Å². The average molecular weight is 411 g/mol. The van der Waals surface area contributed by atoms with E-state index >= 15 is 0 Å². The molecule has 1 heterocycles. The summed E-state index contributed by atoms with van der Waals surface area (Å²) in [5, 5.41) is 9.52. The zero-order valence-corrected chi connectivity index (χ0v) is 18.0. The third kappa shape index (κ3) is 4.93. The molecule has 30 heavy (non-hydrogen) atoms. The van der Waals surface area contributed by atoms with E-state index in [1.165, 1.54) is 17.6 Å². The fourth-order valence-corrected chi connectivity index (χ4v) is 4.05. The first-order chi connectivity index (χ1) is 14.3. The third-order valence-corrected chi connectivity index (χ3v) is 5.50. The Morgan fingerprint density at radius 2 is 1.97 bits per heavy atom. The molecule has 0 saturated heterocycles. The summed E-state index contributed by atoms with van der Waals surface area (Å²) in [5.41, 5.74) is 3.65. The van der Waals surface area contributed by atoms with E-state index in [0.717, 1.165) is 17.5 Å². The number of hydrogen-bond donors (Lipinski definition) is 1. The van der Waals surface area contributed by atoms with Gasteiger partial charge in [-0.15, -0.1) is 0 Å². The lowest BCUT2D eigenvalue weighted by molar-refractivity contribution is 0.0600. The Hall–Kier alpha value is -3.02. The zero-order chi connectivity index (χ0) is 21.8. The molecule has 1 aliphatic rings. The van der Waals surface area contributed by atoms with E-state index in [1.54, 1.807) is 18.2 Å². The molecule has 0 fully saturated rings. The van der Waals surface area contributed by atoms with Gasteiger partial charge in [-0.3, -0.25) is 0 Å². The second kappa shape index (κ2) is 9.20. The highest BCUT2D eigenvalue weighted by molar-refractivity contribution is 5.89. The van der Waals surface area contributed by atoms with Crippen molar-refractivity contribution in [2.24, 2.45) is 5.92 Å². The van der Waals surface area contributed by atoms with Crippen molar-refractivity contribution in [1.82, 2.24) is 4.90 Å². The Balaban J connectivity index is 1.86. The molecule has 2 aromatic carbocycles. The summed E-state index contributed by atoms with van der Waals surface area (Å²) in [6.45, 7) is 7.21. The van der Waals surface area contributed by atoms with Crippen LogP contribution in [0.5, 0.6) is 11.5 Å². The van der Waals surface area contributed by atoms with Crippen LogP contribution in [0.1, 0.15) is 53.2 Å². The molecule has 0 aromatic heterocycles. The number of carbonyl (C=O) groups is 2. The molecule has 0 saturated carbocycles. The number of fused-ring (bicyclic) bond motifs is 1. The highest BCUT2D eigenvalue weighted by Gasteiger charge is 2.26. The highest BCUT2D eigenvalue weighted by Crippen LogP contribution is 2.34. The number of amides is 1. The maximum Gasteiger partial charge on any atom is 0.407 e. The Morgan fingerprint density at radius 3 is 2.60 bits per heavy atom. The number of methoxy groups -OCH3 is 1. The van der Waals surface area contributed by atoms with E-state index < -0.39 is 6.09 Å². The molecule has 0 radical (unpaired) electrons. The monoisotopic (exact) mass is 411 g/mol. The van der Waals surface area contributed by atoms with Gasteiger partial charge in [-0.25, -0.2) is 9.59 Å². The molecule has 0 spiro atoms. The Morgan fingerprint density at radius 1 is 1.20 bits per heavy atom. The maximum atomic E-state index is 11.7. The van der Waals surface area contributed by atoms with Crippen LogP contribution in [0.15, 0.2) is 36.4 Å². The van der Waals surface area contributed by atoms with E-state index in [2.05, 4.69) is 19.9 Å². The molecule has 2 aromatic rings. The SMILES string of the molecule is COC(=O)c1ccc(Oc2ccc3c(c2)CCN(C(=O)O)CC3CC(C)C)c(C)c1. The number of carboxylic acid groups (broad SMARTS) is 1. The summed E-state index contributed by atoms with van der Waals surface area (Å²) < 4.78 is 10.9. The average Bonchev–Trinajstić information content (AvgIpc) is 2.88. The molecule has 1 aliphatic heterocycles. The van der Waals surface area contributed by atoms with Crippen molar-refractivity contribution in [3.8, 4) is 11.5 Å². The van der Waals surface area contributed by atoms with Gasteiger partial charge in [0.05, 0.1) is 12.7 Å². The summed E-state index contributed by atoms with van der Waals surface area (Å²) in [5.74, 6) is 1.64. The second-order valence-electron chi connectivity index (χ2n) is 8.24. The summed E-state index contributed by atoms with van der Waals surface area (Å²) in [7, 11) is 1.36. The lowest BCUT2D eigenvalue weighted by Gasteiger charge is -2.24. The van der Waals surface area contributed by atoms with E-state index in [9.17, 15) is 14.7 Å². The van der Waals surface area contributed by atoms with Crippen LogP contribution in [0.4, 0.5) is 4.79 Å². The Labute approximate surface area is 177 Å². The first-order valence-electron chi connectivity index (χ1n) is 10.3. The molecule has 3 rings (SSSR count). The minimum atomic E-state index is -0.866. The molecular weight excluding hydrogens is 382 g/mol. The number of nitrogens with zero attached hydrogens (tertiary/aromatic N) is 1. The molecule has 160 valence electrons. The zero-order valence-electron chi connectivity index (χ0n) is 18.0. The van der Waals surface area contributed by atoms with Crippen molar-refractivity contribution in [2.45, 2.75) is 39.5 Å². The fourth-order valence-electron chi connectivity index (χ4n) is 4.05. The predicted octanol–water partition coefficient (Wildman–Crippen LogP) is 5.24. The van der Waals surface area contributed by atoms with Gasteiger partial charge in [-0.1, -0.05) is 19.9 Å². The van der Waals surface area contributed by atoms with Crippen molar-refractivity contribution >= 4 is 12.1 Å². The van der Waals surface area contributed by atoms with E-state index in [4.69, 9.17) is 9.47 Å². The molecule has 6 nitrogen and oxygen atoms in total. The number of benzene rings is 2. The first kappa shape index (κ1) is 21.7. The van der Waals surface area contributed by atoms with Gasteiger partial charge in [0.2, 0.25) is 0 Å². The molecule has 0 bridgehead atoms. The quantitative estimate of drug-likeness (QED) is 0.681. The summed E-state index contributed by atoms with van der Waals surface area (Å²) in [6.07, 6.45) is 0.730. The van der Waals surface area contributed by atoms with Crippen molar-refractivity contribution in [2.75, 3.05) is 20.2 Å². The van der Waals surface area contributed by atoms with Gasteiger partial charge in [-0.2, -0.15) is 0 Å². The summed E-state index contributed by atoms with van der Waals surface area (Å²) in [4.78, 5) is 24.8. The van der Waals surface area contributed by atoms with Crippen LogP contribution in [0.25, 0.3) is 0 Å². The maximum absolute atomic E-state index is 11.7. The number of rotatable bonds is 5. The first-order valence-corrected chi connectivity index (χ1v) is 10.3. The van der Waals surface area contributed by atoms with Gasteiger partial charge < -0.3 is 19.5 Å². The number of aryl methyl sites for hydroxylation is 1. The van der Waals surface area contributed by atoms with Crippen LogP contribution in [-0.2, 0) is 11.2 Å². The van der Waals surface area contributed by atoms with Crippen molar-refractivity contribution < 1.29 is 24.2 Å². The molecule has 1 atom stereocenters. The van der Waals surface area contributed by atoms with Gasteiger partial charge in [0, 0.05) is 19.0 Å². The van der Waals surface area contributed by atoms with E-state index in [0.29, 0.717) is 42.5 Å². The molecule has 1 amide bonds. The lowest BCUT2D eigenvalue weighted by Crippen LogP contribution is -2.33. The normalized spacial score (nSPS) is 16.0. The standard InChI is InChI=1S/C24H29NO5/c1-15(2)11-19-14-25(24(27)28)10-9-17-13-20(6-7-21(17)19)30-22-8-5-18(12-16(22)3)23(26)29-4/h5-8,12-13,15,19H,9-11,14H2,1-4H3,(H,27,28). The third-order valence-electron chi connectivity index (χ3n) is 5.50. The number of ether oxygens (including phenoxy) is 2. The smallest absolute Gasteiger partial charge is 0.407 e. The van der Waals surface area contributed by atoms with Gasteiger partial charge in [0.25, 0.3) is 0 Å². The van der Waals surface area contributed by atoms with Gasteiger partial charge in [0.1, 0.15) is 11.5 Å². The molecule has 6 heteroatoms. The van der Waals surface area contributed by atoms with E-state index in [-0.39, 0.29) is 11.9 Å². The number of hydrogen-bond acceptors (Lipinski definition) is 4. The highest BCUT2D eigenvalue weighted by atomic mass is 16.5. The van der Waals surface area contributed by atoms with E-state index in [1.807, 2.05) is 19.1 Å². The lowest BCUT2D eigenvalue weighted by atomic mass is 9.87.